The Morgan fingerprint density at radius 3 is 2.32 bits per heavy atom. The van der Waals surface area contributed by atoms with Crippen molar-refractivity contribution in [3.8, 4) is 22.6 Å². The molecule has 0 unspecified atom stereocenters. The van der Waals surface area contributed by atoms with Gasteiger partial charge in [-0.3, -0.25) is 4.98 Å². The molecule has 0 amide bonds. The molecule has 0 atom stereocenters. The predicted octanol–water partition coefficient (Wildman–Crippen LogP) is 4.12. The summed E-state index contributed by atoms with van der Waals surface area (Å²) in [6, 6.07) is 20.3. The van der Waals surface area contributed by atoms with E-state index < -0.39 is 0 Å². The Kier molecular flexibility index (Phi) is 3.07. The molecular weight excluding hydrogens is 232 g/mol. The summed E-state index contributed by atoms with van der Waals surface area (Å²) < 4.78 is 0. The van der Waals surface area contributed by atoms with E-state index in [0.29, 0.717) is 0 Å². The van der Waals surface area contributed by atoms with E-state index in [1.807, 2.05) is 36.4 Å². The van der Waals surface area contributed by atoms with Crippen LogP contribution in [0.1, 0.15) is 5.56 Å². The highest BCUT2D eigenvalue weighted by Gasteiger charge is 2.03. The highest BCUT2D eigenvalue weighted by Crippen LogP contribution is 2.21. The van der Waals surface area contributed by atoms with Crippen molar-refractivity contribution in [2.24, 2.45) is 0 Å². The van der Waals surface area contributed by atoms with Gasteiger partial charge in [-0.25, -0.2) is 4.98 Å². The van der Waals surface area contributed by atoms with Gasteiger partial charge in [-0.1, -0.05) is 35.9 Å². The van der Waals surface area contributed by atoms with E-state index in [9.17, 15) is 0 Å². The summed E-state index contributed by atoms with van der Waals surface area (Å²) >= 11 is 0. The van der Waals surface area contributed by atoms with Gasteiger partial charge in [0, 0.05) is 11.8 Å². The summed E-state index contributed by atoms with van der Waals surface area (Å²) in [6.07, 6.45) is 1.79. The van der Waals surface area contributed by atoms with Crippen molar-refractivity contribution >= 4 is 0 Å². The molecule has 0 N–H and O–H groups in total. The van der Waals surface area contributed by atoms with Gasteiger partial charge in [0.1, 0.15) is 0 Å². The molecule has 0 radical (unpaired) electrons. The van der Waals surface area contributed by atoms with E-state index in [4.69, 9.17) is 4.98 Å². The maximum Gasteiger partial charge on any atom is 0.0893 e. The molecule has 0 bridgehead atoms. The lowest BCUT2D eigenvalue weighted by Gasteiger charge is -2.05. The van der Waals surface area contributed by atoms with Crippen LogP contribution in [0.3, 0.4) is 0 Å². The molecule has 0 fully saturated rings. The van der Waals surface area contributed by atoms with E-state index >= 15 is 0 Å². The van der Waals surface area contributed by atoms with Crippen molar-refractivity contribution in [3.63, 3.8) is 0 Å². The van der Waals surface area contributed by atoms with Crippen LogP contribution < -0.4 is 0 Å². The maximum absolute atomic E-state index is 4.69. The number of hydrogen-bond donors (Lipinski definition) is 0. The average molecular weight is 246 g/mol. The smallest absolute Gasteiger partial charge is 0.0893 e. The number of pyridine rings is 2. The quantitative estimate of drug-likeness (QED) is 0.679. The molecule has 19 heavy (non-hydrogen) atoms. The molecule has 0 spiro atoms. The number of hydrogen-bond acceptors (Lipinski definition) is 2. The Balaban J connectivity index is 2.06. The summed E-state index contributed by atoms with van der Waals surface area (Å²) in [7, 11) is 0. The number of nitrogens with zero attached hydrogens (tertiary/aromatic N) is 2. The molecule has 0 aliphatic carbocycles. The molecule has 0 aliphatic heterocycles. The molecule has 3 aromatic rings. The van der Waals surface area contributed by atoms with Crippen LogP contribution in [-0.2, 0) is 0 Å². The molecule has 2 heterocycles. The summed E-state index contributed by atoms with van der Waals surface area (Å²) in [5, 5.41) is 0. The number of aryl methyl sites for hydroxylation is 1. The third-order valence-corrected chi connectivity index (χ3v) is 2.99. The summed E-state index contributed by atoms with van der Waals surface area (Å²) in [6.45, 7) is 2.09. The zero-order valence-electron chi connectivity index (χ0n) is 10.7. The van der Waals surface area contributed by atoms with Gasteiger partial charge in [0.05, 0.1) is 17.1 Å². The average Bonchev–Trinajstić information content (AvgIpc) is 2.48. The van der Waals surface area contributed by atoms with Gasteiger partial charge in [0.25, 0.3) is 0 Å². The van der Waals surface area contributed by atoms with Crippen LogP contribution in [0.4, 0.5) is 0 Å². The first-order valence-corrected chi connectivity index (χ1v) is 6.28. The molecule has 2 nitrogen and oxygen atoms in total. The van der Waals surface area contributed by atoms with E-state index in [1.165, 1.54) is 5.56 Å². The lowest BCUT2D eigenvalue weighted by Crippen LogP contribution is -1.89. The molecule has 2 aromatic heterocycles. The number of rotatable bonds is 2. The molecule has 2 heteroatoms. The van der Waals surface area contributed by atoms with E-state index in [-0.39, 0.29) is 0 Å². The molecular formula is C17H14N2. The fourth-order valence-corrected chi connectivity index (χ4v) is 2.06. The van der Waals surface area contributed by atoms with Crippen LogP contribution in [-0.4, -0.2) is 9.97 Å². The minimum atomic E-state index is 0.900. The van der Waals surface area contributed by atoms with Gasteiger partial charge in [-0.05, 0) is 37.3 Å². The van der Waals surface area contributed by atoms with E-state index in [1.54, 1.807) is 6.20 Å². The largest absolute Gasteiger partial charge is 0.255 e. The fourth-order valence-electron chi connectivity index (χ4n) is 2.06. The van der Waals surface area contributed by atoms with Gasteiger partial charge in [-0.2, -0.15) is 0 Å². The van der Waals surface area contributed by atoms with Gasteiger partial charge < -0.3 is 0 Å². The third kappa shape index (κ3) is 2.52. The molecule has 0 aliphatic rings. The fraction of sp³-hybridized carbons (Fsp3) is 0.0588. The molecule has 92 valence electrons. The van der Waals surface area contributed by atoms with E-state index in [2.05, 4.69) is 36.2 Å². The maximum atomic E-state index is 4.69. The van der Waals surface area contributed by atoms with Crippen molar-refractivity contribution in [1.82, 2.24) is 9.97 Å². The second-order valence-electron chi connectivity index (χ2n) is 4.49. The van der Waals surface area contributed by atoms with Crippen molar-refractivity contribution in [2.45, 2.75) is 6.92 Å². The monoisotopic (exact) mass is 246 g/mol. The Morgan fingerprint density at radius 1 is 0.737 bits per heavy atom. The lowest BCUT2D eigenvalue weighted by atomic mass is 10.1. The summed E-state index contributed by atoms with van der Waals surface area (Å²) in [4.78, 5) is 9.03. The van der Waals surface area contributed by atoms with Gasteiger partial charge in [0.2, 0.25) is 0 Å². The Labute approximate surface area is 112 Å². The van der Waals surface area contributed by atoms with Crippen LogP contribution in [0, 0.1) is 6.92 Å². The van der Waals surface area contributed by atoms with Crippen molar-refractivity contribution in [2.75, 3.05) is 0 Å². The Bertz CT molecular complexity index is 690. The van der Waals surface area contributed by atoms with Crippen LogP contribution in [0.5, 0.6) is 0 Å². The SMILES string of the molecule is Cc1cccc(-c2cccc(-c3ccccn3)n2)c1. The first-order chi connectivity index (χ1) is 9.33. The highest BCUT2D eigenvalue weighted by molar-refractivity contribution is 5.64. The minimum absolute atomic E-state index is 0.900. The van der Waals surface area contributed by atoms with Gasteiger partial charge >= 0.3 is 0 Å². The van der Waals surface area contributed by atoms with Crippen molar-refractivity contribution in [1.29, 1.82) is 0 Å². The molecule has 0 saturated carbocycles. The van der Waals surface area contributed by atoms with Gasteiger partial charge in [-0.15, -0.1) is 0 Å². The van der Waals surface area contributed by atoms with Crippen LogP contribution in [0.15, 0.2) is 66.9 Å². The first kappa shape index (κ1) is 11.6. The molecule has 3 rings (SSSR count). The number of benzene rings is 1. The van der Waals surface area contributed by atoms with Crippen LogP contribution in [0.25, 0.3) is 22.6 Å². The second kappa shape index (κ2) is 5.02. The zero-order chi connectivity index (χ0) is 13.1. The second-order valence-corrected chi connectivity index (χ2v) is 4.49. The Hall–Kier alpha value is -2.48. The van der Waals surface area contributed by atoms with E-state index in [0.717, 1.165) is 22.6 Å². The summed E-state index contributed by atoms with van der Waals surface area (Å²) in [5.74, 6) is 0. The van der Waals surface area contributed by atoms with Crippen LogP contribution >= 0.6 is 0 Å². The lowest BCUT2D eigenvalue weighted by molar-refractivity contribution is 1.25. The standard InChI is InChI=1S/C17H14N2/c1-13-6-4-7-14(12-13)15-9-5-10-17(19-15)16-8-2-3-11-18-16/h2-12H,1H3. The topological polar surface area (TPSA) is 25.8 Å². The normalized spacial score (nSPS) is 10.4. The Morgan fingerprint density at radius 2 is 1.53 bits per heavy atom. The van der Waals surface area contributed by atoms with Gasteiger partial charge in [0.15, 0.2) is 0 Å². The molecule has 0 saturated heterocycles. The zero-order valence-corrected chi connectivity index (χ0v) is 10.7. The number of aromatic nitrogens is 2. The van der Waals surface area contributed by atoms with Crippen LogP contribution in [0.2, 0.25) is 0 Å². The summed E-state index contributed by atoms with van der Waals surface area (Å²) in [5.41, 5.74) is 5.16. The minimum Gasteiger partial charge on any atom is -0.255 e. The predicted molar refractivity (Wildman–Crippen MR) is 77.6 cm³/mol. The molecule has 1 aromatic carbocycles. The first-order valence-electron chi connectivity index (χ1n) is 6.28. The van der Waals surface area contributed by atoms with Crippen molar-refractivity contribution < 1.29 is 0 Å². The highest BCUT2D eigenvalue weighted by atomic mass is 14.8. The third-order valence-electron chi connectivity index (χ3n) is 2.99. The van der Waals surface area contributed by atoms with Crippen molar-refractivity contribution in [3.05, 3.63) is 72.4 Å².